The summed E-state index contributed by atoms with van der Waals surface area (Å²) in [6.07, 6.45) is 0.00855. The molecule has 0 radical (unpaired) electrons. The Balaban J connectivity index is 1.85. The SMILES string of the molecule is COC(=O)CC(NC(=O)c1ccc2nc(Cl)ccc2c1)c1ccc(Cl)cc1. The number of pyridine rings is 1. The number of nitrogens with zero attached hydrogens (tertiary/aromatic N) is 1. The minimum absolute atomic E-state index is 0.00855. The van der Waals surface area contributed by atoms with Crippen molar-refractivity contribution in [1.29, 1.82) is 0 Å². The average Bonchev–Trinajstić information content (AvgIpc) is 2.67. The fourth-order valence-electron chi connectivity index (χ4n) is 2.68. The van der Waals surface area contributed by atoms with Crippen LogP contribution in [0.3, 0.4) is 0 Å². The zero-order chi connectivity index (χ0) is 19.4. The Morgan fingerprint density at radius 3 is 2.52 bits per heavy atom. The van der Waals surface area contributed by atoms with Crippen LogP contribution in [-0.4, -0.2) is 24.0 Å². The number of fused-ring (bicyclic) bond motifs is 1. The van der Waals surface area contributed by atoms with E-state index in [-0.39, 0.29) is 12.3 Å². The first kappa shape index (κ1) is 19.1. The third-order valence-corrected chi connectivity index (χ3v) is 4.56. The number of esters is 1. The highest BCUT2D eigenvalue weighted by Crippen LogP contribution is 2.22. The zero-order valence-corrected chi connectivity index (χ0v) is 15.9. The summed E-state index contributed by atoms with van der Waals surface area (Å²) < 4.78 is 4.74. The standard InChI is InChI=1S/C20H16Cl2N2O3/c1-27-19(25)11-17(12-2-6-15(21)7-3-12)24-20(26)14-4-8-16-13(10-14)5-9-18(22)23-16/h2-10,17H,11H2,1H3,(H,24,26). The van der Waals surface area contributed by atoms with Crippen LogP contribution in [0.4, 0.5) is 0 Å². The number of hydrogen-bond acceptors (Lipinski definition) is 4. The number of methoxy groups -OCH3 is 1. The van der Waals surface area contributed by atoms with Gasteiger partial charge in [0.1, 0.15) is 5.15 Å². The van der Waals surface area contributed by atoms with Crippen molar-refractivity contribution in [2.45, 2.75) is 12.5 Å². The number of benzene rings is 2. The fraction of sp³-hybridized carbons (Fsp3) is 0.150. The van der Waals surface area contributed by atoms with Gasteiger partial charge in [-0.2, -0.15) is 0 Å². The highest BCUT2D eigenvalue weighted by Gasteiger charge is 2.20. The van der Waals surface area contributed by atoms with Gasteiger partial charge in [0.2, 0.25) is 0 Å². The lowest BCUT2D eigenvalue weighted by Gasteiger charge is -2.18. The van der Waals surface area contributed by atoms with Crippen LogP contribution in [0.5, 0.6) is 0 Å². The lowest BCUT2D eigenvalue weighted by atomic mass is 10.0. The van der Waals surface area contributed by atoms with Gasteiger partial charge in [-0.05, 0) is 48.0 Å². The Morgan fingerprint density at radius 1 is 1.07 bits per heavy atom. The summed E-state index contributed by atoms with van der Waals surface area (Å²) in [4.78, 5) is 28.7. The van der Waals surface area contributed by atoms with Gasteiger partial charge in [0.25, 0.3) is 5.91 Å². The second kappa shape index (κ2) is 8.37. The van der Waals surface area contributed by atoms with Crippen molar-refractivity contribution in [3.63, 3.8) is 0 Å². The quantitative estimate of drug-likeness (QED) is 0.500. The molecule has 0 spiro atoms. The van der Waals surface area contributed by atoms with Gasteiger partial charge in [-0.15, -0.1) is 0 Å². The predicted molar refractivity (Wildman–Crippen MR) is 105 cm³/mol. The molecule has 0 aliphatic rings. The molecule has 0 aliphatic heterocycles. The molecule has 138 valence electrons. The summed E-state index contributed by atoms with van der Waals surface area (Å²) in [7, 11) is 1.31. The third kappa shape index (κ3) is 4.76. The second-order valence-corrected chi connectivity index (χ2v) is 6.72. The average molecular weight is 403 g/mol. The van der Waals surface area contributed by atoms with Crippen molar-refractivity contribution >= 4 is 46.0 Å². The molecular formula is C20H16Cl2N2O3. The Morgan fingerprint density at radius 2 is 1.81 bits per heavy atom. The number of halogens is 2. The van der Waals surface area contributed by atoms with Crippen molar-refractivity contribution in [3.8, 4) is 0 Å². The van der Waals surface area contributed by atoms with Crippen molar-refractivity contribution in [3.05, 3.63) is 75.9 Å². The van der Waals surface area contributed by atoms with Crippen LogP contribution in [0.25, 0.3) is 10.9 Å². The lowest BCUT2D eigenvalue weighted by Crippen LogP contribution is -2.30. The number of carbonyl (C=O) groups is 2. The van der Waals surface area contributed by atoms with E-state index < -0.39 is 12.0 Å². The molecule has 3 rings (SSSR count). The summed E-state index contributed by atoms with van der Waals surface area (Å²) in [6.45, 7) is 0. The van der Waals surface area contributed by atoms with E-state index in [1.807, 2.05) is 0 Å². The molecule has 1 amide bonds. The molecule has 1 aromatic heterocycles. The van der Waals surface area contributed by atoms with Crippen molar-refractivity contribution in [1.82, 2.24) is 10.3 Å². The molecule has 1 atom stereocenters. The van der Waals surface area contributed by atoms with Gasteiger partial charge >= 0.3 is 5.97 Å². The van der Waals surface area contributed by atoms with E-state index in [4.69, 9.17) is 27.9 Å². The summed E-state index contributed by atoms with van der Waals surface area (Å²) in [5.41, 5.74) is 1.91. The van der Waals surface area contributed by atoms with Gasteiger partial charge in [0.15, 0.2) is 0 Å². The normalized spacial score (nSPS) is 11.8. The van der Waals surface area contributed by atoms with Crippen LogP contribution in [0, 0.1) is 0 Å². The molecule has 0 saturated heterocycles. The molecule has 0 fully saturated rings. The molecule has 1 unspecified atom stereocenters. The third-order valence-electron chi connectivity index (χ3n) is 4.09. The minimum Gasteiger partial charge on any atom is -0.469 e. The molecule has 7 heteroatoms. The van der Waals surface area contributed by atoms with E-state index in [1.165, 1.54) is 7.11 Å². The summed E-state index contributed by atoms with van der Waals surface area (Å²) in [6, 6.07) is 15.0. The molecule has 1 heterocycles. The van der Waals surface area contributed by atoms with Crippen molar-refractivity contribution in [2.75, 3.05) is 7.11 Å². The van der Waals surface area contributed by atoms with Crippen molar-refractivity contribution in [2.24, 2.45) is 0 Å². The summed E-state index contributed by atoms with van der Waals surface area (Å²) in [5, 5.41) is 4.64. The maximum Gasteiger partial charge on any atom is 0.307 e. The second-order valence-electron chi connectivity index (χ2n) is 5.90. The highest BCUT2D eigenvalue weighted by atomic mass is 35.5. The van der Waals surface area contributed by atoms with E-state index in [1.54, 1.807) is 54.6 Å². The molecule has 2 aromatic carbocycles. The molecule has 0 aliphatic carbocycles. The zero-order valence-electron chi connectivity index (χ0n) is 14.4. The molecule has 3 aromatic rings. The van der Waals surface area contributed by atoms with Gasteiger partial charge in [-0.3, -0.25) is 9.59 Å². The van der Waals surface area contributed by atoms with Crippen LogP contribution in [0.1, 0.15) is 28.4 Å². The monoisotopic (exact) mass is 402 g/mol. The fourth-order valence-corrected chi connectivity index (χ4v) is 2.96. The minimum atomic E-state index is -0.541. The Bertz CT molecular complexity index is 990. The maximum absolute atomic E-state index is 12.7. The first-order chi connectivity index (χ1) is 13.0. The topological polar surface area (TPSA) is 68.3 Å². The number of hydrogen-bond donors (Lipinski definition) is 1. The van der Waals surface area contributed by atoms with E-state index >= 15 is 0 Å². The molecule has 0 bridgehead atoms. The van der Waals surface area contributed by atoms with Gasteiger partial charge in [-0.1, -0.05) is 35.3 Å². The Kier molecular flexibility index (Phi) is 5.94. The molecule has 1 N–H and O–H groups in total. The van der Waals surface area contributed by atoms with E-state index in [0.29, 0.717) is 21.3 Å². The molecule has 5 nitrogen and oxygen atoms in total. The Hall–Kier alpha value is -2.63. The van der Waals surface area contributed by atoms with Crippen LogP contribution >= 0.6 is 23.2 Å². The maximum atomic E-state index is 12.7. The van der Waals surface area contributed by atoms with E-state index in [9.17, 15) is 9.59 Å². The van der Waals surface area contributed by atoms with Crippen LogP contribution in [-0.2, 0) is 9.53 Å². The first-order valence-corrected chi connectivity index (χ1v) is 8.91. The van der Waals surface area contributed by atoms with E-state index in [0.717, 1.165) is 10.9 Å². The van der Waals surface area contributed by atoms with Crippen LogP contribution in [0.15, 0.2) is 54.6 Å². The smallest absolute Gasteiger partial charge is 0.307 e. The first-order valence-electron chi connectivity index (χ1n) is 8.16. The molecular weight excluding hydrogens is 387 g/mol. The molecule has 0 saturated carbocycles. The lowest BCUT2D eigenvalue weighted by molar-refractivity contribution is -0.141. The summed E-state index contributed by atoms with van der Waals surface area (Å²) >= 11 is 11.8. The van der Waals surface area contributed by atoms with Gasteiger partial charge in [0, 0.05) is 16.0 Å². The largest absolute Gasteiger partial charge is 0.469 e. The number of nitrogens with one attached hydrogen (secondary N) is 1. The van der Waals surface area contributed by atoms with Gasteiger partial charge in [-0.25, -0.2) is 4.98 Å². The Labute approximate surface area is 166 Å². The number of ether oxygens (including phenoxy) is 1. The highest BCUT2D eigenvalue weighted by molar-refractivity contribution is 6.30. The van der Waals surface area contributed by atoms with Crippen molar-refractivity contribution < 1.29 is 14.3 Å². The van der Waals surface area contributed by atoms with Gasteiger partial charge in [0.05, 0.1) is 25.1 Å². The molecule has 27 heavy (non-hydrogen) atoms. The van der Waals surface area contributed by atoms with Gasteiger partial charge < -0.3 is 10.1 Å². The number of rotatable bonds is 5. The number of carbonyl (C=O) groups excluding carboxylic acids is 2. The summed E-state index contributed by atoms with van der Waals surface area (Å²) in [5.74, 6) is -0.733. The van der Waals surface area contributed by atoms with Crippen LogP contribution in [0.2, 0.25) is 10.2 Å². The number of amides is 1. The predicted octanol–water partition coefficient (Wildman–Crippen LogP) is 4.58. The van der Waals surface area contributed by atoms with Crippen LogP contribution < -0.4 is 5.32 Å². The van der Waals surface area contributed by atoms with E-state index in [2.05, 4.69) is 10.3 Å². The number of aromatic nitrogens is 1.